The van der Waals surface area contributed by atoms with Crippen molar-refractivity contribution in [2.75, 3.05) is 0 Å². The van der Waals surface area contributed by atoms with Gasteiger partial charge < -0.3 is 5.11 Å². The molecule has 2 nitrogen and oxygen atoms in total. The van der Waals surface area contributed by atoms with Crippen molar-refractivity contribution in [3.8, 4) is 0 Å². The molecule has 3 heteroatoms. The van der Waals surface area contributed by atoms with Crippen LogP contribution in [0.3, 0.4) is 0 Å². The zero-order valence-electron chi connectivity index (χ0n) is 8.48. The minimum Gasteiger partial charge on any atom is -0.388 e. The summed E-state index contributed by atoms with van der Waals surface area (Å²) in [5, 5.41) is 9.78. The van der Waals surface area contributed by atoms with Gasteiger partial charge in [0, 0.05) is 4.47 Å². The molecule has 0 aromatic heterocycles. The van der Waals surface area contributed by atoms with E-state index in [0.717, 1.165) is 16.3 Å². The molecule has 0 fully saturated rings. The zero-order chi connectivity index (χ0) is 11.3. The second-order valence-electron chi connectivity index (χ2n) is 3.37. The van der Waals surface area contributed by atoms with Gasteiger partial charge in [0.25, 0.3) is 0 Å². The Morgan fingerprint density at radius 2 is 2.07 bits per heavy atom. The lowest BCUT2D eigenvalue weighted by Gasteiger charge is -2.08. The second kappa shape index (κ2) is 5.83. The summed E-state index contributed by atoms with van der Waals surface area (Å²) in [6, 6.07) is 7.49. The zero-order valence-corrected chi connectivity index (χ0v) is 10.1. The molecule has 1 aromatic carbocycles. The van der Waals surface area contributed by atoms with Crippen LogP contribution in [0.2, 0.25) is 0 Å². The molecule has 0 aliphatic rings. The number of benzene rings is 1. The number of halogens is 1. The SMILES string of the molecule is C/C(C=O)=C\CC(O)c1ccc(Br)cc1. The molecule has 0 aliphatic carbocycles. The van der Waals surface area contributed by atoms with Crippen molar-refractivity contribution in [3.05, 3.63) is 46.0 Å². The van der Waals surface area contributed by atoms with E-state index in [1.165, 1.54) is 0 Å². The molecule has 1 atom stereocenters. The first-order valence-corrected chi connectivity index (χ1v) is 5.48. The van der Waals surface area contributed by atoms with Gasteiger partial charge in [0.2, 0.25) is 0 Å². The summed E-state index contributed by atoms with van der Waals surface area (Å²) in [7, 11) is 0. The van der Waals surface area contributed by atoms with Crippen molar-refractivity contribution in [3.63, 3.8) is 0 Å². The topological polar surface area (TPSA) is 37.3 Å². The van der Waals surface area contributed by atoms with Crippen LogP contribution in [0.1, 0.15) is 25.0 Å². The molecule has 1 N–H and O–H groups in total. The van der Waals surface area contributed by atoms with Gasteiger partial charge in [-0.1, -0.05) is 34.1 Å². The van der Waals surface area contributed by atoms with E-state index in [0.29, 0.717) is 12.0 Å². The average molecular weight is 269 g/mol. The normalized spacial score (nSPS) is 13.7. The molecule has 1 aromatic rings. The highest BCUT2D eigenvalue weighted by Gasteiger charge is 2.05. The first-order valence-electron chi connectivity index (χ1n) is 4.69. The van der Waals surface area contributed by atoms with Crippen molar-refractivity contribution in [1.29, 1.82) is 0 Å². The number of aliphatic hydroxyl groups is 1. The number of hydrogen-bond acceptors (Lipinski definition) is 2. The number of carbonyl (C=O) groups excluding carboxylic acids is 1. The molecular weight excluding hydrogens is 256 g/mol. The summed E-state index contributed by atoms with van der Waals surface area (Å²) in [6.45, 7) is 1.72. The Labute approximate surface area is 97.8 Å². The largest absolute Gasteiger partial charge is 0.388 e. The maximum Gasteiger partial charge on any atom is 0.145 e. The first-order chi connectivity index (χ1) is 7.13. The van der Waals surface area contributed by atoms with Gasteiger partial charge in [0.05, 0.1) is 6.10 Å². The molecule has 0 saturated heterocycles. The predicted octanol–water partition coefficient (Wildman–Crippen LogP) is 3.02. The fourth-order valence-electron chi connectivity index (χ4n) is 1.17. The first kappa shape index (κ1) is 12.1. The Kier molecular flexibility index (Phi) is 4.72. The maximum absolute atomic E-state index is 10.3. The third kappa shape index (κ3) is 3.98. The Hall–Kier alpha value is -0.930. The quantitative estimate of drug-likeness (QED) is 0.673. The predicted molar refractivity (Wildman–Crippen MR) is 63.5 cm³/mol. The van der Waals surface area contributed by atoms with Crippen molar-refractivity contribution in [2.24, 2.45) is 0 Å². The summed E-state index contributed by atoms with van der Waals surface area (Å²) in [5.74, 6) is 0. The van der Waals surface area contributed by atoms with Gasteiger partial charge in [-0.25, -0.2) is 0 Å². The van der Waals surface area contributed by atoms with Gasteiger partial charge in [-0.2, -0.15) is 0 Å². The highest BCUT2D eigenvalue weighted by atomic mass is 79.9. The Balaban J connectivity index is 2.65. The van der Waals surface area contributed by atoms with Crippen LogP contribution >= 0.6 is 15.9 Å². The average Bonchev–Trinajstić information content (AvgIpc) is 2.26. The number of aldehydes is 1. The third-order valence-corrected chi connectivity index (χ3v) is 2.63. The number of aliphatic hydroxyl groups excluding tert-OH is 1. The van der Waals surface area contributed by atoms with Gasteiger partial charge in [-0.3, -0.25) is 4.79 Å². The molecule has 0 radical (unpaired) electrons. The summed E-state index contributed by atoms with van der Waals surface area (Å²) in [6.07, 6.45) is 2.44. The number of allylic oxidation sites excluding steroid dienone is 1. The van der Waals surface area contributed by atoms with E-state index in [-0.39, 0.29) is 0 Å². The highest BCUT2D eigenvalue weighted by molar-refractivity contribution is 9.10. The van der Waals surface area contributed by atoms with Crippen LogP contribution in [0.25, 0.3) is 0 Å². The number of carbonyl (C=O) groups is 1. The molecular formula is C12H13BrO2. The van der Waals surface area contributed by atoms with Crippen LogP contribution in [0.4, 0.5) is 0 Å². The summed E-state index contributed by atoms with van der Waals surface area (Å²) >= 11 is 3.33. The molecule has 0 bridgehead atoms. The van der Waals surface area contributed by atoms with E-state index in [4.69, 9.17) is 0 Å². The third-order valence-electron chi connectivity index (χ3n) is 2.10. The van der Waals surface area contributed by atoms with Crippen LogP contribution in [0.5, 0.6) is 0 Å². The molecule has 0 heterocycles. The van der Waals surface area contributed by atoms with Crippen LogP contribution in [-0.2, 0) is 4.79 Å². The minimum absolute atomic E-state index is 0.464. The molecule has 1 unspecified atom stereocenters. The van der Waals surface area contributed by atoms with E-state index in [1.54, 1.807) is 13.0 Å². The Morgan fingerprint density at radius 1 is 1.47 bits per heavy atom. The van der Waals surface area contributed by atoms with Gasteiger partial charge >= 0.3 is 0 Å². The smallest absolute Gasteiger partial charge is 0.145 e. The number of rotatable bonds is 4. The summed E-state index contributed by atoms with van der Waals surface area (Å²) < 4.78 is 0.984. The Bertz CT molecular complexity index is 354. The second-order valence-corrected chi connectivity index (χ2v) is 4.28. The van der Waals surface area contributed by atoms with E-state index in [9.17, 15) is 9.90 Å². The lowest BCUT2D eigenvalue weighted by atomic mass is 10.1. The van der Waals surface area contributed by atoms with Gasteiger partial charge in [-0.05, 0) is 36.6 Å². The maximum atomic E-state index is 10.3. The molecule has 0 amide bonds. The van der Waals surface area contributed by atoms with Crippen LogP contribution in [-0.4, -0.2) is 11.4 Å². The van der Waals surface area contributed by atoms with E-state index >= 15 is 0 Å². The molecule has 15 heavy (non-hydrogen) atoms. The van der Waals surface area contributed by atoms with E-state index in [2.05, 4.69) is 15.9 Å². The molecule has 0 saturated carbocycles. The van der Waals surface area contributed by atoms with Crippen molar-refractivity contribution < 1.29 is 9.90 Å². The van der Waals surface area contributed by atoms with E-state index < -0.39 is 6.10 Å². The fourth-order valence-corrected chi connectivity index (χ4v) is 1.43. The van der Waals surface area contributed by atoms with Crippen LogP contribution in [0.15, 0.2) is 40.4 Å². The van der Waals surface area contributed by atoms with Gasteiger partial charge in [-0.15, -0.1) is 0 Å². The summed E-state index contributed by atoms with van der Waals surface area (Å²) in [5.41, 5.74) is 1.50. The fraction of sp³-hybridized carbons (Fsp3) is 0.250. The number of hydrogen-bond donors (Lipinski definition) is 1. The standard InChI is InChI=1S/C12H13BrO2/c1-9(8-14)2-7-12(15)10-3-5-11(13)6-4-10/h2-6,8,12,15H,7H2,1H3/b9-2+. The summed E-state index contributed by atoms with van der Waals surface area (Å²) in [4.78, 5) is 10.3. The molecule has 1 rings (SSSR count). The molecule has 80 valence electrons. The molecule has 0 aliphatic heterocycles. The lowest BCUT2D eigenvalue weighted by molar-refractivity contribution is -0.104. The van der Waals surface area contributed by atoms with Crippen LogP contribution in [0, 0.1) is 0 Å². The Morgan fingerprint density at radius 3 is 2.60 bits per heavy atom. The minimum atomic E-state index is -0.548. The van der Waals surface area contributed by atoms with Crippen LogP contribution < -0.4 is 0 Å². The molecule has 0 spiro atoms. The van der Waals surface area contributed by atoms with Gasteiger partial charge in [0.15, 0.2) is 0 Å². The highest BCUT2D eigenvalue weighted by Crippen LogP contribution is 2.20. The van der Waals surface area contributed by atoms with Gasteiger partial charge in [0.1, 0.15) is 6.29 Å². The van der Waals surface area contributed by atoms with E-state index in [1.807, 2.05) is 24.3 Å². The monoisotopic (exact) mass is 268 g/mol. The van der Waals surface area contributed by atoms with Crippen molar-refractivity contribution in [1.82, 2.24) is 0 Å². The lowest BCUT2D eigenvalue weighted by Crippen LogP contribution is -1.95. The van der Waals surface area contributed by atoms with Crippen molar-refractivity contribution in [2.45, 2.75) is 19.4 Å². The van der Waals surface area contributed by atoms with Crippen molar-refractivity contribution >= 4 is 22.2 Å².